The molecule has 1 fully saturated rings. The van der Waals surface area contributed by atoms with Gasteiger partial charge in [-0.3, -0.25) is 14.2 Å². The Labute approximate surface area is 256 Å². The van der Waals surface area contributed by atoms with Crippen LogP contribution in [0.3, 0.4) is 0 Å². The molecule has 0 bridgehead atoms. The van der Waals surface area contributed by atoms with Gasteiger partial charge in [0.1, 0.15) is 5.82 Å². The van der Waals surface area contributed by atoms with Gasteiger partial charge in [0.25, 0.3) is 11.5 Å². The molecule has 9 nitrogen and oxygen atoms in total. The molecule has 10 heteroatoms. The Kier molecular flexibility index (Phi) is 8.97. The van der Waals surface area contributed by atoms with Gasteiger partial charge in [-0.25, -0.2) is 8.42 Å². The van der Waals surface area contributed by atoms with Gasteiger partial charge >= 0.3 is 0 Å². The average molecular weight is 611 g/mol. The van der Waals surface area contributed by atoms with Crippen molar-refractivity contribution in [2.75, 3.05) is 0 Å². The lowest BCUT2D eigenvalue weighted by atomic mass is 9.99. The molecule has 44 heavy (non-hydrogen) atoms. The van der Waals surface area contributed by atoms with Gasteiger partial charge in [0.15, 0.2) is 4.90 Å². The minimum absolute atomic E-state index is 0.185. The highest BCUT2D eigenvalue weighted by atomic mass is 32.2. The zero-order chi connectivity index (χ0) is 31.4. The molecule has 0 aliphatic heterocycles. The Bertz CT molecular complexity index is 1910. The maximum absolute atomic E-state index is 14.1. The number of hydrogen-bond acceptors (Lipinski definition) is 7. The number of aromatic nitrogens is 2. The summed E-state index contributed by atoms with van der Waals surface area (Å²) in [6.45, 7) is 3.85. The van der Waals surface area contributed by atoms with Crippen LogP contribution in [0, 0.1) is 11.3 Å². The van der Waals surface area contributed by atoms with Crippen molar-refractivity contribution >= 4 is 15.7 Å². The van der Waals surface area contributed by atoms with E-state index in [2.05, 4.69) is 16.4 Å². The number of hydrogen-bond donors (Lipinski definition) is 2. The predicted octanol–water partition coefficient (Wildman–Crippen LogP) is 5.55. The van der Waals surface area contributed by atoms with Crippen LogP contribution in [0.5, 0.6) is 5.88 Å². The van der Waals surface area contributed by atoms with Crippen molar-refractivity contribution in [3.8, 4) is 23.1 Å². The summed E-state index contributed by atoms with van der Waals surface area (Å²) in [5.74, 6) is -0.756. The van der Waals surface area contributed by atoms with Crippen LogP contribution in [0.2, 0.25) is 0 Å². The molecule has 3 aromatic carbocycles. The van der Waals surface area contributed by atoms with Crippen LogP contribution in [-0.4, -0.2) is 35.0 Å². The van der Waals surface area contributed by atoms with Crippen molar-refractivity contribution in [3.63, 3.8) is 0 Å². The van der Waals surface area contributed by atoms with Crippen molar-refractivity contribution in [2.45, 2.75) is 74.2 Å². The maximum atomic E-state index is 14.1. The van der Waals surface area contributed by atoms with E-state index in [1.807, 2.05) is 13.8 Å². The zero-order valence-electron chi connectivity index (χ0n) is 24.7. The fourth-order valence-electron chi connectivity index (χ4n) is 5.35. The van der Waals surface area contributed by atoms with Gasteiger partial charge in [0.05, 0.1) is 22.6 Å². The Morgan fingerprint density at radius 1 is 1.09 bits per heavy atom. The highest BCUT2D eigenvalue weighted by Crippen LogP contribution is 2.31. The number of amides is 1. The number of unbranched alkanes of at least 4 members (excludes halogenated alkanes) is 1. The van der Waals surface area contributed by atoms with Gasteiger partial charge in [-0.1, -0.05) is 62.7 Å². The number of aryl methyl sites for hydroxylation is 1. The largest absolute Gasteiger partial charge is 0.492 e. The van der Waals surface area contributed by atoms with Gasteiger partial charge in [-0.05, 0) is 72.7 Å². The summed E-state index contributed by atoms with van der Waals surface area (Å²) in [5.41, 5.74) is 1.96. The normalized spacial score (nSPS) is 13.7. The first-order valence-corrected chi connectivity index (χ1v) is 16.3. The number of rotatable bonds is 11. The van der Waals surface area contributed by atoms with Crippen molar-refractivity contribution in [3.05, 3.63) is 106 Å². The topological polar surface area (TPSA) is 142 Å². The Morgan fingerprint density at radius 3 is 2.48 bits per heavy atom. The number of aromatic hydroxyl groups is 1. The Morgan fingerprint density at radius 2 is 1.82 bits per heavy atom. The van der Waals surface area contributed by atoms with Crippen LogP contribution in [0.1, 0.15) is 79.3 Å². The molecule has 4 aromatic rings. The second-order valence-electron chi connectivity index (χ2n) is 10.9. The van der Waals surface area contributed by atoms with E-state index in [4.69, 9.17) is 0 Å². The van der Waals surface area contributed by atoms with E-state index in [-0.39, 0.29) is 22.7 Å². The third-order valence-electron chi connectivity index (χ3n) is 7.81. The zero-order valence-corrected chi connectivity index (χ0v) is 25.5. The molecule has 0 spiro atoms. The summed E-state index contributed by atoms with van der Waals surface area (Å²) in [6, 6.07) is 21.5. The molecule has 1 heterocycles. The lowest BCUT2D eigenvalue weighted by molar-refractivity contribution is 0.0951. The average Bonchev–Trinajstić information content (AvgIpc) is 3.85. The first kappa shape index (κ1) is 30.7. The van der Waals surface area contributed by atoms with Gasteiger partial charge in [0.2, 0.25) is 15.7 Å². The van der Waals surface area contributed by atoms with Crippen molar-refractivity contribution in [1.29, 1.82) is 5.26 Å². The summed E-state index contributed by atoms with van der Waals surface area (Å²) in [6.07, 6.45) is 4.16. The van der Waals surface area contributed by atoms with Crippen molar-refractivity contribution < 1.29 is 18.3 Å². The van der Waals surface area contributed by atoms with E-state index in [0.717, 1.165) is 19.3 Å². The third kappa shape index (κ3) is 6.15. The summed E-state index contributed by atoms with van der Waals surface area (Å²) in [4.78, 5) is 30.2. The molecule has 1 aliphatic carbocycles. The molecular formula is C34H34N4O5S. The molecule has 0 saturated heterocycles. The van der Waals surface area contributed by atoms with E-state index in [1.54, 1.807) is 60.7 Å². The molecule has 226 valence electrons. The number of carbonyl (C=O) groups excluding carboxylic acids is 1. The van der Waals surface area contributed by atoms with E-state index in [1.165, 1.54) is 16.7 Å². The Balaban J connectivity index is 1.58. The molecular weight excluding hydrogens is 576 g/mol. The molecule has 1 atom stereocenters. The highest BCUT2D eigenvalue weighted by molar-refractivity contribution is 7.91. The number of benzene rings is 3. The summed E-state index contributed by atoms with van der Waals surface area (Å²) < 4.78 is 29.2. The molecule has 2 N–H and O–H groups in total. The van der Waals surface area contributed by atoms with Crippen molar-refractivity contribution in [2.24, 2.45) is 0 Å². The smallest absolute Gasteiger partial charge is 0.277 e. The maximum Gasteiger partial charge on any atom is 0.277 e. The van der Waals surface area contributed by atoms with Crippen LogP contribution in [0.4, 0.5) is 0 Å². The fraction of sp³-hybridized carbons (Fsp3) is 0.294. The Hall–Kier alpha value is -4.75. The first-order valence-electron chi connectivity index (χ1n) is 14.8. The standard InChI is InChI=1S/C34H34N4O5S/c1-3-5-13-30-37-33(40)31(34(41)38(30)29(4-2)24-10-8-9-22(20-24)21-35)44(42,43)26-18-14-23(15-19-26)27-11-6-7-12-28(27)32(39)36-25-16-17-25/h6-12,14-15,18-20,25,29,40H,3-5,13,16-17H2,1-2H3,(H,36,39)/t29-/m0/s1. The van der Waals surface area contributed by atoms with Crippen LogP contribution in [0.25, 0.3) is 11.1 Å². The summed E-state index contributed by atoms with van der Waals surface area (Å²) >= 11 is 0. The summed E-state index contributed by atoms with van der Waals surface area (Å²) in [7, 11) is -4.51. The van der Waals surface area contributed by atoms with E-state index >= 15 is 0 Å². The molecule has 0 unspecified atom stereocenters. The first-order chi connectivity index (χ1) is 21.2. The molecule has 1 aliphatic rings. The van der Waals surface area contributed by atoms with Crippen LogP contribution in [-0.2, 0) is 16.3 Å². The van der Waals surface area contributed by atoms with Crippen LogP contribution in [0.15, 0.2) is 87.4 Å². The number of carbonyl (C=O) groups is 1. The molecule has 1 saturated carbocycles. The number of nitrogens with one attached hydrogen (secondary N) is 1. The van der Waals surface area contributed by atoms with Crippen LogP contribution < -0.4 is 10.9 Å². The number of sulfone groups is 1. The van der Waals surface area contributed by atoms with E-state index in [0.29, 0.717) is 47.1 Å². The fourth-order valence-corrected chi connectivity index (χ4v) is 6.70. The highest BCUT2D eigenvalue weighted by Gasteiger charge is 2.32. The minimum Gasteiger partial charge on any atom is -0.492 e. The van der Waals surface area contributed by atoms with Gasteiger partial charge < -0.3 is 10.4 Å². The minimum atomic E-state index is -4.51. The second-order valence-corrected chi connectivity index (χ2v) is 12.8. The summed E-state index contributed by atoms with van der Waals surface area (Å²) in [5, 5.41) is 23.3. The van der Waals surface area contributed by atoms with Gasteiger partial charge in [0, 0.05) is 18.0 Å². The number of nitrogens with zero attached hydrogens (tertiary/aromatic N) is 3. The van der Waals surface area contributed by atoms with Gasteiger partial charge in [-0.2, -0.15) is 10.2 Å². The molecule has 1 amide bonds. The predicted molar refractivity (Wildman–Crippen MR) is 166 cm³/mol. The third-order valence-corrected chi connectivity index (χ3v) is 9.60. The quantitative estimate of drug-likeness (QED) is 0.227. The van der Waals surface area contributed by atoms with Gasteiger partial charge in [-0.15, -0.1) is 0 Å². The van der Waals surface area contributed by atoms with Crippen molar-refractivity contribution in [1.82, 2.24) is 14.9 Å². The number of nitriles is 1. The lowest BCUT2D eigenvalue weighted by Gasteiger charge is -2.23. The lowest BCUT2D eigenvalue weighted by Crippen LogP contribution is -2.33. The van der Waals surface area contributed by atoms with E-state index in [9.17, 15) is 28.4 Å². The molecule has 0 radical (unpaired) electrons. The van der Waals surface area contributed by atoms with E-state index < -0.39 is 32.2 Å². The molecule has 1 aromatic heterocycles. The second kappa shape index (κ2) is 12.9. The molecule has 5 rings (SSSR count). The SMILES string of the molecule is CCCCc1nc(O)c(S(=O)(=O)c2ccc(-c3ccccc3C(=O)NC3CC3)cc2)c(=O)n1[C@@H](CC)c1cccc(C#N)c1. The van der Waals surface area contributed by atoms with Crippen LogP contribution >= 0.6 is 0 Å². The monoisotopic (exact) mass is 610 g/mol.